The Kier molecular flexibility index (Phi) is 7.01. The maximum Gasteiger partial charge on any atom is 0.317 e. The quantitative estimate of drug-likeness (QED) is 0.700. The molecule has 4 heteroatoms. The number of amides is 2. The molecule has 17 heavy (non-hydrogen) atoms. The number of aliphatic hydroxyl groups excluding tert-OH is 1. The number of nitrogens with one attached hydrogen (secondary N) is 1. The van der Waals surface area contributed by atoms with Gasteiger partial charge in [0.05, 0.1) is 0 Å². The van der Waals surface area contributed by atoms with E-state index < -0.39 is 0 Å². The first-order valence-electron chi connectivity index (χ1n) is 6.91. The summed E-state index contributed by atoms with van der Waals surface area (Å²) in [6.07, 6.45) is 6.44. The maximum atomic E-state index is 11.9. The molecule has 1 aliphatic rings. The van der Waals surface area contributed by atoms with Gasteiger partial charge in [-0.25, -0.2) is 4.79 Å². The van der Waals surface area contributed by atoms with Crippen molar-refractivity contribution in [1.82, 2.24) is 10.2 Å². The Labute approximate surface area is 104 Å². The van der Waals surface area contributed by atoms with Gasteiger partial charge in [0.15, 0.2) is 0 Å². The Morgan fingerprint density at radius 3 is 3.00 bits per heavy atom. The van der Waals surface area contributed by atoms with Crippen molar-refractivity contribution < 1.29 is 9.90 Å². The molecule has 0 unspecified atom stereocenters. The standard InChI is InChI=1S/C13H26N2O2/c1-2-3-4-8-14-13(17)15-9-5-6-12(11-15)7-10-16/h12,16H,2-11H2,1H3,(H,14,17)/t12-/m0/s1. The van der Waals surface area contributed by atoms with Crippen molar-refractivity contribution in [2.75, 3.05) is 26.2 Å². The second kappa shape index (κ2) is 8.34. The summed E-state index contributed by atoms with van der Waals surface area (Å²) in [4.78, 5) is 13.8. The van der Waals surface area contributed by atoms with Gasteiger partial charge in [-0.3, -0.25) is 0 Å². The second-order valence-corrected chi connectivity index (χ2v) is 4.91. The molecule has 100 valence electrons. The van der Waals surface area contributed by atoms with Gasteiger partial charge in [-0.2, -0.15) is 0 Å². The van der Waals surface area contributed by atoms with E-state index in [1.165, 1.54) is 12.8 Å². The molecule has 0 spiro atoms. The summed E-state index contributed by atoms with van der Waals surface area (Å²) in [5, 5.41) is 11.9. The number of rotatable bonds is 6. The molecule has 0 aliphatic carbocycles. The highest BCUT2D eigenvalue weighted by Gasteiger charge is 2.22. The van der Waals surface area contributed by atoms with Gasteiger partial charge >= 0.3 is 6.03 Å². The fraction of sp³-hybridized carbons (Fsp3) is 0.923. The zero-order valence-electron chi connectivity index (χ0n) is 11.0. The fourth-order valence-electron chi connectivity index (χ4n) is 2.35. The summed E-state index contributed by atoms with van der Waals surface area (Å²) in [5.41, 5.74) is 0. The number of carbonyl (C=O) groups excluding carboxylic acids is 1. The van der Waals surface area contributed by atoms with Gasteiger partial charge in [-0.05, 0) is 31.6 Å². The zero-order valence-corrected chi connectivity index (χ0v) is 11.0. The summed E-state index contributed by atoms with van der Waals surface area (Å²) in [6.45, 7) is 4.85. The number of likely N-dealkylation sites (tertiary alicyclic amines) is 1. The molecule has 0 aromatic carbocycles. The van der Waals surface area contributed by atoms with Crippen LogP contribution >= 0.6 is 0 Å². The van der Waals surface area contributed by atoms with Crippen molar-refractivity contribution >= 4 is 6.03 Å². The molecular formula is C13H26N2O2. The Morgan fingerprint density at radius 1 is 1.47 bits per heavy atom. The molecule has 1 atom stereocenters. The number of urea groups is 1. The summed E-state index contributed by atoms with van der Waals surface area (Å²) < 4.78 is 0. The molecule has 0 radical (unpaired) electrons. The molecule has 2 N–H and O–H groups in total. The molecule has 1 aliphatic heterocycles. The van der Waals surface area contributed by atoms with E-state index >= 15 is 0 Å². The number of piperidine rings is 1. The van der Waals surface area contributed by atoms with Crippen LogP contribution in [0.2, 0.25) is 0 Å². The van der Waals surface area contributed by atoms with E-state index in [1.54, 1.807) is 0 Å². The van der Waals surface area contributed by atoms with Gasteiger partial charge in [0.25, 0.3) is 0 Å². The van der Waals surface area contributed by atoms with Gasteiger partial charge in [0.1, 0.15) is 0 Å². The lowest BCUT2D eigenvalue weighted by Gasteiger charge is -2.32. The van der Waals surface area contributed by atoms with E-state index in [-0.39, 0.29) is 12.6 Å². The number of carbonyl (C=O) groups is 1. The lowest BCUT2D eigenvalue weighted by molar-refractivity contribution is 0.150. The SMILES string of the molecule is CCCCCNC(=O)N1CCC[C@@H](CCO)C1. The molecule has 2 amide bonds. The molecule has 4 nitrogen and oxygen atoms in total. The topological polar surface area (TPSA) is 52.6 Å². The predicted molar refractivity (Wildman–Crippen MR) is 68.9 cm³/mol. The van der Waals surface area contributed by atoms with E-state index in [4.69, 9.17) is 5.11 Å². The van der Waals surface area contributed by atoms with Crippen molar-refractivity contribution in [3.63, 3.8) is 0 Å². The van der Waals surface area contributed by atoms with E-state index in [9.17, 15) is 4.79 Å². The number of unbranched alkanes of at least 4 members (excludes halogenated alkanes) is 2. The third-order valence-electron chi connectivity index (χ3n) is 3.40. The highest BCUT2D eigenvalue weighted by molar-refractivity contribution is 5.74. The van der Waals surface area contributed by atoms with Crippen molar-refractivity contribution in [3.8, 4) is 0 Å². The molecule has 0 aromatic heterocycles. The van der Waals surface area contributed by atoms with E-state index in [2.05, 4.69) is 12.2 Å². The minimum Gasteiger partial charge on any atom is -0.396 e. The molecule has 0 bridgehead atoms. The molecule has 1 heterocycles. The smallest absolute Gasteiger partial charge is 0.317 e. The largest absolute Gasteiger partial charge is 0.396 e. The fourth-order valence-corrected chi connectivity index (χ4v) is 2.35. The molecule has 0 aromatic rings. The first kappa shape index (κ1) is 14.3. The number of nitrogens with zero attached hydrogens (tertiary/aromatic N) is 1. The van der Waals surface area contributed by atoms with Crippen LogP contribution in [0.1, 0.15) is 45.4 Å². The maximum absolute atomic E-state index is 11.9. The summed E-state index contributed by atoms with van der Waals surface area (Å²) in [7, 11) is 0. The van der Waals surface area contributed by atoms with Crippen LogP contribution in [0, 0.1) is 5.92 Å². The van der Waals surface area contributed by atoms with Crippen molar-refractivity contribution in [2.45, 2.75) is 45.4 Å². The van der Waals surface area contributed by atoms with E-state index in [1.807, 2.05) is 4.90 Å². The lowest BCUT2D eigenvalue weighted by atomic mass is 9.95. The third kappa shape index (κ3) is 5.39. The molecule has 1 fully saturated rings. The molecule has 1 rings (SSSR count). The lowest BCUT2D eigenvalue weighted by Crippen LogP contribution is -2.45. The minimum absolute atomic E-state index is 0.0729. The van der Waals surface area contributed by atoms with Gasteiger partial charge in [-0.1, -0.05) is 19.8 Å². The molecular weight excluding hydrogens is 216 g/mol. The van der Waals surface area contributed by atoms with Crippen LogP contribution in [0.3, 0.4) is 0 Å². The third-order valence-corrected chi connectivity index (χ3v) is 3.40. The van der Waals surface area contributed by atoms with Crippen LogP contribution in [-0.4, -0.2) is 42.3 Å². The monoisotopic (exact) mass is 242 g/mol. The summed E-state index contributed by atoms with van der Waals surface area (Å²) >= 11 is 0. The van der Waals surface area contributed by atoms with Gasteiger partial charge in [0.2, 0.25) is 0 Å². The van der Waals surface area contributed by atoms with Crippen molar-refractivity contribution in [2.24, 2.45) is 5.92 Å². The van der Waals surface area contributed by atoms with E-state index in [0.717, 1.165) is 45.3 Å². The normalized spacial score (nSPS) is 20.4. The first-order valence-corrected chi connectivity index (χ1v) is 6.91. The van der Waals surface area contributed by atoms with Crippen molar-refractivity contribution in [1.29, 1.82) is 0 Å². The highest BCUT2D eigenvalue weighted by Crippen LogP contribution is 2.19. The van der Waals surface area contributed by atoms with Crippen LogP contribution in [-0.2, 0) is 0 Å². The average molecular weight is 242 g/mol. The molecule has 1 saturated heterocycles. The van der Waals surface area contributed by atoms with Crippen LogP contribution in [0.5, 0.6) is 0 Å². The summed E-state index contributed by atoms with van der Waals surface area (Å²) in [5.74, 6) is 0.482. The Hall–Kier alpha value is -0.770. The van der Waals surface area contributed by atoms with Gasteiger partial charge < -0.3 is 15.3 Å². The minimum atomic E-state index is 0.0729. The van der Waals surface area contributed by atoms with Crippen LogP contribution < -0.4 is 5.32 Å². The summed E-state index contributed by atoms with van der Waals surface area (Å²) in [6, 6.07) is 0.0729. The number of hydrogen-bond donors (Lipinski definition) is 2. The zero-order chi connectivity index (χ0) is 12.5. The van der Waals surface area contributed by atoms with Crippen LogP contribution in [0.4, 0.5) is 4.79 Å². The highest BCUT2D eigenvalue weighted by atomic mass is 16.3. The Balaban J connectivity index is 2.21. The van der Waals surface area contributed by atoms with Crippen LogP contribution in [0.15, 0.2) is 0 Å². The first-order chi connectivity index (χ1) is 8.27. The predicted octanol–water partition coefficient (Wildman–Crippen LogP) is 1.98. The number of aliphatic hydroxyl groups is 1. The van der Waals surface area contributed by atoms with Gasteiger partial charge in [0, 0.05) is 26.2 Å². The Bertz CT molecular complexity index is 219. The second-order valence-electron chi connectivity index (χ2n) is 4.91. The van der Waals surface area contributed by atoms with Gasteiger partial charge in [-0.15, -0.1) is 0 Å². The Morgan fingerprint density at radius 2 is 2.29 bits per heavy atom. The molecule has 0 saturated carbocycles. The van der Waals surface area contributed by atoms with Crippen molar-refractivity contribution in [3.05, 3.63) is 0 Å². The average Bonchev–Trinajstić information content (AvgIpc) is 2.35. The number of hydrogen-bond acceptors (Lipinski definition) is 2. The van der Waals surface area contributed by atoms with Crippen LogP contribution in [0.25, 0.3) is 0 Å². The van der Waals surface area contributed by atoms with E-state index in [0.29, 0.717) is 5.92 Å².